The summed E-state index contributed by atoms with van der Waals surface area (Å²) in [4.78, 5) is 20.4. The van der Waals surface area contributed by atoms with Gasteiger partial charge in [-0.05, 0) is 50.9 Å². The minimum atomic E-state index is -0.546. The fourth-order valence-electron chi connectivity index (χ4n) is 3.40. The zero-order valence-corrected chi connectivity index (χ0v) is 12.3. The van der Waals surface area contributed by atoms with Crippen LogP contribution in [-0.2, 0) is 0 Å². The molecule has 0 aromatic carbocycles. The number of likely N-dealkylation sites (tertiary alicyclic amines) is 2. The molecule has 0 spiro atoms. The number of nitrogens with zero attached hydrogens (tertiary/aromatic N) is 3. The maximum absolute atomic E-state index is 12.8. The fraction of sp³-hybridized carbons (Fsp3) is 0.625. The van der Waals surface area contributed by atoms with Crippen LogP contribution < -0.4 is 0 Å². The lowest BCUT2D eigenvalue weighted by molar-refractivity contribution is 0.0589. The molecule has 2 aliphatic heterocycles. The summed E-state index contributed by atoms with van der Waals surface area (Å²) in [5, 5.41) is 0. The van der Waals surface area contributed by atoms with E-state index in [9.17, 15) is 9.18 Å². The standard InChI is InChI=1S/C16H22FN3O/c17-15-5-4-13(12-18-15)16(21)20-10-6-14(7-11-20)19-8-2-1-3-9-19/h4-5,12,14H,1-3,6-11H2. The van der Waals surface area contributed by atoms with E-state index >= 15 is 0 Å². The van der Waals surface area contributed by atoms with E-state index in [1.54, 1.807) is 0 Å². The molecule has 2 fully saturated rings. The lowest BCUT2D eigenvalue weighted by Gasteiger charge is -2.40. The van der Waals surface area contributed by atoms with Crippen LogP contribution in [0.15, 0.2) is 18.3 Å². The van der Waals surface area contributed by atoms with E-state index in [0.29, 0.717) is 11.6 Å². The van der Waals surface area contributed by atoms with Crippen LogP contribution >= 0.6 is 0 Å². The van der Waals surface area contributed by atoms with Crippen molar-refractivity contribution in [3.8, 4) is 0 Å². The molecule has 1 aromatic rings. The van der Waals surface area contributed by atoms with Gasteiger partial charge in [0.2, 0.25) is 5.95 Å². The predicted octanol–water partition coefficient (Wildman–Crippen LogP) is 2.31. The van der Waals surface area contributed by atoms with Gasteiger partial charge in [0.1, 0.15) is 0 Å². The van der Waals surface area contributed by atoms with Gasteiger partial charge in [-0.25, -0.2) is 4.98 Å². The molecule has 21 heavy (non-hydrogen) atoms. The summed E-state index contributed by atoms with van der Waals surface area (Å²) in [6, 6.07) is 3.38. The largest absolute Gasteiger partial charge is 0.338 e. The summed E-state index contributed by atoms with van der Waals surface area (Å²) < 4.78 is 12.8. The zero-order chi connectivity index (χ0) is 14.7. The van der Waals surface area contributed by atoms with Gasteiger partial charge in [-0.3, -0.25) is 4.79 Å². The smallest absolute Gasteiger partial charge is 0.255 e. The average Bonchev–Trinajstić information content (AvgIpc) is 2.56. The monoisotopic (exact) mass is 291 g/mol. The van der Waals surface area contributed by atoms with Gasteiger partial charge in [0.25, 0.3) is 5.91 Å². The summed E-state index contributed by atoms with van der Waals surface area (Å²) in [5.74, 6) is -0.574. The predicted molar refractivity (Wildman–Crippen MR) is 78.5 cm³/mol. The molecule has 0 atom stereocenters. The molecular weight excluding hydrogens is 269 g/mol. The van der Waals surface area contributed by atoms with Crippen LogP contribution in [0.2, 0.25) is 0 Å². The highest BCUT2D eigenvalue weighted by Crippen LogP contribution is 2.21. The second-order valence-corrected chi connectivity index (χ2v) is 5.99. The SMILES string of the molecule is O=C(c1ccc(F)nc1)N1CCC(N2CCCCC2)CC1. The highest BCUT2D eigenvalue weighted by atomic mass is 19.1. The van der Waals surface area contributed by atoms with Crippen molar-refractivity contribution in [1.82, 2.24) is 14.8 Å². The maximum Gasteiger partial charge on any atom is 0.255 e. The molecule has 0 N–H and O–H groups in total. The van der Waals surface area contributed by atoms with Gasteiger partial charge in [0, 0.05) is 25.3 Å². The normalized spacial score (nSPS) is 21.5. The Kier molecular flexibility index (Phi) is 4.48. The van der Waals surface area contributed by atoms with E-state index < -0.39 is 5.95 Å². The first-order chi connectivity index (χ1) is 10.2. The van der Waals surface area contributed by atoms with Crippen molar-refractivity contribution in [3.63, 3.8) is 0 Å². The number of hydrogen-bond donors (Lipinski definition) is 0. The number of halogens is 1. The third kappa shape index (κ3) is 3.40. The molecule has 0 radical (unpaired) electrons. The molecule has 3 heterocycles. The molecule has 3 rings (SSSR count). The molecule has 5 heteroatoms. The first-order valence-electron chi connectivity index (χ1n) is 7.89. The van der Waals surface area contributed by atoms with E-state index in [2.05, 4.69) is 9.88 Å². The zero-order valence-electron chi connectivity index (χ0n) is 12.3. The lowest BCUT2D eigenvalue weighted by Crippen LogP contribution is -2.48. The number of aromatic nitrogens is 1. The Hall–Kier alpha value is -1.49. The van der Waals surface area contributed by atoms with Gasteiger partial charge in [0.05, 0.1) is 5.56 Å². The third-order valence-corrected chi connectivity index (χ3v) is 4.63. The number of amides is 1. The summed E-state index contributed by atoms with van der Waals surface area (Å²) in [5.41, 5.74) is 0.479. The van der Waals surface area contributed by atoms with Gasteiger partial charge in [-0.15, -0.1) is 0 Å². The molecule has 4 nitrogen and oxygen atoms in total. The van der Waals surface area contributed by atoms with E-state index in [1.165, 1.54) is 50.7 Å². The summed E-state index contributed by atoms with van der Waals surface area (Å²) >= 11 is 0. The van der Waals surface area contributed by atoms with E-state index in [1.807, 2.05) is 4.90 Å². The summed E-state index contributed by atoms with van der Waals surface area (Å²) in [6.45, 7) is 4.00. The lowest BCUT2D eigenvalue weighted by atomic mass is 9.99. The molecule has 0 saturated carbocycles. The van der Waals surface area contributed by atoms with Crippen LogP contribution in [0.1, 0.15) is 42.5 Å². The molecule has 114 valence electrons. The van der Waals surface area contributed by atoms with E-state index in [-0.39, 0.29) is 5.91 Å². The van der Waals surface area contributed by atoms with Gasteiger partial charge < -0.3 is 9.80 Å². The molecule has 2 saturated heterocycles. The summed E-state index contributed by atoms with van der Waals surface area (Å²) in [7, 11) is 0. The number of carbonyl (C=O) groups is 1. The Morgan fingerprint density at radius 3 is 2.43 bits per heavy atom. The first-order valence-corrected chi connectivity index (χ1v) is 7.89. The van der Waals surface area contributed by atoms with E-state index in [0.717, 1.165) is 25.9 Å². The highest BCUT2D eigenvalue weighted by Gasteiger charge is 2.28. The molecule has 1 amide bonds. The molecular formula is C16H22FN3O. The highest BCUT2D eigenvalue weighted by molar-refractivity contribution is 5.93. The van der Waals surface area contributed by atoms with Crippen molar-refractivity contribution < 1.29 is 9.18 Å². The molecule has 0 unspecified atom stereocenters. The van der Waals surface area contributed by atoms with E-state index in [4.69, 9.17) is 0 Å². The van der Waals surface area contributed by atoms with Crippen LogP contribution in [0.25, 0.3) is 0 Å². The van der Waals surface area contributed by atoms with Gasteiger partial charge in [-0.1, -0.05) is 6.42 Å². The summed E-state index contributed by atoms with van der Waals surface area (Å²) in [6.07, 6.45) is 7.38. The van der Waals surface area contributed by atoms with Crippen LogP contribution in [0.3, 0.4) is 0 Å². The second kappa shape index (κ2) is 6.52. The number of carbonyl (C=O) groups excluding carboxylic acids is 1. The van der Waals surface area contributed by atoms with Gasteiger partial charge >= 0.3 is 0 Å². The van der Waals surface area contributed by atoms with Gasteiger partial charge in [-0.2, -0.15) is 4.39 Å². The number of rotatable bonds is 2. The van der Waals surface area contributed by atoms with Crippen molar-refractivity contribution in [2.45, 2.75) is 38.1 Å². The van der Waals surface area contributed by atoms with Crippen molar-refractivity contribution in [2.75, 3.05) is 26.2 Å². The fourth-order valence-corrected chi connectivity index (χ4v) is 3.40. The minimum absolute atomic E-state index is 0.0282. The maximum atomic E-state index is 12.8. The first kappa shape index (κ1) is 14.4. The minimum Gasteiger partial charge on any atom is -0.338 e. The average molecular weight is 291 g/mol. The van der Waals surface area contributed by atoms with Crippen molar-refractivity contribution in [2.24, 2.45) is 0 Å². The molecule has 1 aromatic heterocycles. The van der Waals surface area contributed by atoms with Crippen LogP contribution in [0, 0.1) is 5.95 Å². The van der Waals surface area contributed by atoms with Crippen molar-refractivity contribution >= 4 is 5.91 Å². The number of hydrogen-bond acceptors (Lipinski definition) is 3. The van der Waals surface area contributed by atoms with Crippen LogP contribution in [0.4, 0.5) is 4.39 Å². The van der Waals surface area contributed by atoms with Crippen molar-refractivity contribution in [1.29, 1.82) is 0 Å². The van der Waals surface area contributed by atoms with Crippen LogP contribution in [-0.4, -0.2) is 52.9 Å². The number of piperidine rings is 2. The topological polar surface area (TPSA) is 36.4 Å². The molecule has 2 aliphatic rings. The van der Waals surface area contributed by atoms with Crippen LogP contribution in [0.5, 0.6) is 0 Å². The second-order valence-electron chi connectivity index (χ2n) is 5.99. The Morgan fingerprint density at radius 1 is 1.10 bits per heavy atom. The Labute approximate surface area is 125 Å². The third-order valence-electron chi connectivity index (χ3n) is 4.63. The number of pyridine rings is 1. The van der Waals surface area contributed by atoms with Gasteiger partial charge in [0.15, 0.2) is 0 Å². The Morgan fingerprint density at radius 2 is 1.81 bits per heavy atom. The molecule has 0 bridgehead atoms. The molecule has 0 aliphatic carbocycles. The van der Waals surface area contributed by atoms with Crippen molar-refractivity contribution in [3.05, 3.63) is 29.8 Å². The Balaban J connectivity index is 1.55. The quantitative estimate of drug-likeness (QED) is 0.785. The Bertz CT molecular complexity index is 477.